The van der Waals surface area contributed by atoms with Gasteiger partial charge >= 0.3 is 0 Å². The molecule has 0 amide bonds. The van der Waals surface area contributed by atoms with Crippen molar-refractivity contribution in [1.29, 1.82) is 0 Å². The fourth-order valence-corrected chi connectivity index (χ4v) is 3.39. The molecule has 0 spiro atoms. The SMILES string of the molecule is CN=C(NCCCNS(C)(=O)=O)NC1CCC(C(C)C)CC1. The van der Waals surface area contributed by atoms with Gasteiger partial charge in [-0.15, -0.1) is 0 Å². The molecule has 0 aromatic rings. The molecular weight excluding hydrogens is 300 g/mol. The fourth-order valence-electron chi connectivity index (χ4n) is 2.87. The third kappa shape index (κ3) is 7.98. The number of nitrogens with zero attached hydrogens (tertiary/aromatic N) is 1. The molecule has 0 bridgehead atoms. The number of aliphatic imine (C=N–C) groups is 1. The third-order valence-electron chi connectivity index (χ3n) is 4.29. The molecule has 1 saturated carbocycles. The minimum absolute atomic E-state index is 0.447. The van der Waals surface area contributed by atoms with E-state index in [0.717, 1.165) is 24.2 Å². The van der Waals surface area contributed by atoms with E-state index in [1.54, 1.807) is 7.05 Å². The van der Waals surface area contributed by atoms with Crippen LogP contribution in [0.2, 0.25) is 0 Å². The number of guanidine groups is 1. The Balaban J connectivity index is 2.21. The first kappa shape index (κ1) is 19.2. The molecule has 1 aliphatic carbocycles. The van der Waals surface area contributed by atoms with Crippen LogP contribution >= 0.6 is 0 Å². The van der Waals surface area contributed by atoms with Gasteiger partial charge in [0.15, 0.2) is 5.96 Å². The van der Waals surface area contributed by atoms with Gasteiger partial charge in [-0.2, -0.15) is 0 Å². The predicted molar refractivity (Wildman–Crippen MR) is 92.5 cm³/mol. The van der Waals surface area contributed by atoms with E-state index in [1.165, 1.54) is 31.9 Å². The van der Waals surface area contributed by atoms with E-state index >= 15 is 0 Å². The minimum Gasteiger partial charge on any atom is -0.356 e. The van der Waals surface area contributed by atoms with Gasteiger partial charge in [0, 0.05) is 26.2 Å². The van der Waals surface area contributed by atoms with Crippen molar-refractivity contribution in [3.63, 3.8) is 0 Å². The standard InChI is InChI=1S/C15H32N4O2S/c1-12(2)13-6-8-14(9-7-13)19-15(16-3)17-10-5-11-18-22(4,20)21/h12-14,18H,5-11H2,1-4H3,(H2,16,17,19). The highest BCUT2D eigenvalue weighted by atomic mass is 32.2. The average molecular weight is 333 g/mol. The van der Waals surface area contributed by atoms with Crippen LogP contribution in [-0.2, 0) is 10.0 Å². The summed E-state index contributed by atoms with van der Waals surface area (Å²) in [6, 6.07) is 0.496. The van der Waals surface area contributed by atoms with E-state index in [-0.39, 0.29) is 0 Å². The van der Waals surface area contributed by atoms with E-state index in [2.05, 4.69) is 34.2 Å². The van der Waals surface area contributed by atoms with Crippen LogP contribution in [-0.4, -0.2) is 46.8 Å². The van der Waals surface area contributed by atoms with Gasteiger partial charge < -0.3 is 10.6 Å². The highest BCUT2D eigenvalue weighted by molar-refractivity contribution is 7.88. The molecule has 1 fully saturated rings. The minimum atomic E-state index is -3.09. The van der Waals surface area contributed by atoms with Crippen LogP contribution in [0.5, 0.6) is 0 Å². The normalized spacial score (nSPS) is 23.6. The van der Waals surface area contributed by atoms with Gasteiger partial charge in [-0.1, -0.05) is 13.8 Å². The van der Waals surface area contributed by atoms with Crippen LogP contribution in [0.3, 0.4) is 0 Å². The first-order valence-corrected chi connectivity index (χ1v) is 10.1. The predicted octanol–water partition coefficient (Wildman–Crippen LogP) is 1.31. The summed E-state index contributed by atoms with van der Waals surface area (Å²) in [6.45, 7) is 5.76. The molecule has 0 unspecified atom stereocenters. The molecule has 0 atom stereocenters. The maximum Gasteiger partial charge on any atom is 0.208 e. The largest absolute Gasteiger partial charge is 0.356 e. The molecule has 1 aliphatic rings. The van der Waals surface area contributed by atoms with Crippen molar-refractivity contribution >= 4 is 16.0 Å². The molecule has 0 aliphatic heterocycles. The van der Waals surface area contributed by atoms with Gasteiger partial charge in [-0.25, -0.2) is 13.1 Å². The van der Waals surface area contributed by atoms with Crippen molar-refractivity contribution in [2.24, 2.45) is 16.8 Å². The van der Waals surface area contributed by atoms with Crippen LogP contribution in [0.25, 0.3) is 0 Å². The van der Waals surface area contributed by atoms with Gasteiger partial charge in [-0.05, 0) is 43.9 Å². The van der Waals surface area contributed by atoms with E-state index in [1.807, 2.05) is 0 Å². The van der Waals surface area contributed by atoms with Gasteiger partial charge in [0.2, 0.25) is 10.0 Å². The Morgan fingerprint density at radius 2 is 1.82 bits per heavy atom. The molecule has 7 heteroatoms. The van der Waals surface area contributed by atoms with Crippen LogP contribution in [0.4, 0.5) is 0 Å². The van der Waals surface area contributed by atoms with Gasteiger partial charge in [0.05, 0.1) is 6.26 Å². The summed E-state index contributed by atoms with van der Waals surface area (Å²) in [4.78, 5) is 4.24. The monoisotopic (exact) mass is 332 g/mol. The summed E-state index contributed by atoms with van der Waals surface area (Å²) in [5, 5.41) is 6.71. The van der Waals surface area contributed by atoms with Crippen molar-refractivity contribution in [2.75, 3.05) is 26.4 Å². The average Bonchev–Trinajstić information content (AvgIpc) is 2.45. The third-order valence-corrected chi connectivity index (χ3v) is 5.02. The molecule has 22 heavy (non-hydrogen) atoms. The van der Waals surface area contributed by atoms with Crippen molar-refractivity contribution in [3.8, 4) is 0 Å². The Hall–Kier alpha value is -0.820. The molecule has 0 heterocycles. The molecule has 0 aromatic heterocycles. The second kappa shape index (κ2) is 9.35. The molecule has 0 radical (unpaired) electrons. The maximum atomic E-state index is 11.0. The molecular formula is C15H32N4O2S. The van der Waals surface area contributed by atoms with E-state index in [0.29, 0.717) is 19.1 Å². The summed E-state index contributed by atoms with van der Waals surface area (Å²) >= 11 is 0. The topological polar surface area (TPSA) is 82.6 Å². The van der Waals surface area contributed by atoms with E-state index < -0.39 is 10.0 Å². The zero-order valence-corrected chi connectivity index (χ0v) is 15.2. The summed E-state index contributed by atoms with van der Waals surface area (Å²) < 4.78 is 24.4. The lowest BCUT2D eigenvalue weighted by Gasteiger charge is -2.32. The summed E-state index contributed by atoms with van der Waals surface area (Å²) in [6.07, 6.45) is 6.86. The second-order valence-electron chi connectivity index (χ2n) is 6.52. The van der Waals surface area contributed by atoms with Crippen LogP contribution in [0.15, 0.2) is 4.99 Å². The number of nitrogens with one attached hydrogen (secondary N) is 3. The van der Waals surface area contributed by atoms with Gasteiger partial charge in [0.1, 0.15) is 0 Å². The first-order chi connectivity index (χ1) is 10.3. The lowest BCUT2D eigenvalue weighted by molar-refractivity contribution is 0.250. The number of rotatable bonds is 7. The number of hydrogen-bond acceptors (Lipinski definition) is 3. The Morgan fingerprint density at radius 1 is 1.18 bits per heavy atom. The summed E-state index contributed by atoms with van der Waals surface area (Å²) in [5.41, 5.74) is 0. The highest BCUT2D eigenvalue weighted by Crippen LogP contribution is 2.29. The zero-order valence-electron chi connectivity index (χ0n) is 14.4. The number of hydrogen-bond donors (Lipinski definition) is 3. The van der Waals surface area contributed by atoms with Gasteiger partial charge in [-0.3, -0.25) is 4.99 Å². The molecule has 0 saturated heterocycles. The Morgan fingerprint density at radius 3 is 2.32 bits per heavy atom. The smallest absolute Gasteiger partial charge is 0.208 e. The molecule has 3 N–H and O–H groups in total. The highest BCUT2D eigenvalue weighted by Gasteiger charge is 2.23. The van der Waals surface area contributed by atoms with Crippen LogP contribution in [0, 0.1) is 11.8 Å². The molecule has 130 valence electrons. The zero-order chi connectivity index (χ0) is 16.6. The summed E-state index contributed by atoms with van der Waals surface area (Å²) in [7, 11) is -1.32. The van der Waals surface area contributed by atoms with Crippen LogP contribution in [0.1, 0.15) is 46.0 Å². The Labute approximate surface area is 135 Å². The fraction of sp³-hybridized carbons (Fsp3) is 0.933. The summed E-state index contributed by atoms with van der Waals surface area (Å²) in [5.74, 6) is 2.45. The van der Waals surface area contributed by atoms with Crippen molar-refractivity contribution < 1.29 is 8.42 Å². The second-order valence-corrected chi connectivity index (χ2v) is 8.35. The Bertz CT molecular complexity index is 440. The van der Waals surface area contributed by atoms with Gasteiger partial charge in [0.25, 0.3) is 0 Å². The van der Waals surface area contributed by atoms with Crippen molar-refractivity contribution in [2.45, 2.75) is 52.0 Å². The molecule has 0 aromatic carbocycles. The number of sulfonamides is 1. The Kier molecular flexibility index (Phi) is 8.17. The van der Waals surface area contributed by atoms with Crippen LogP contribution < -0.4 is 15.4 Å². The molecule has 6 nitrogen and oxygen atoms in total. The van der Waals surface area contributed by atoms with Crippen molar-refractivity contribution in [1.82, 2.24) is 15.4 Å². The first-order valence-electron chi connectivity index (χ1n) is 8.23. The van der Waals surface area contributed by atoms with Crippen molar-refractivity contribution in [3.05, 3.63) is 0 Å². The molecule has 1 rings (SSSR count). The lowest BCUT2D eigenvalue weighted by atomic mass is 9.80. The lowest BCUT2D eigenvalue weighted by Crippen LogP contribution is -2.45. The van der Waals surface area contributed by atoms with E-state index in [4.69, 9.17) is 0 Å². The maximum absolute atomic E-state index is 11.0. The van der Waals surface area contributed by atoms with E-state index in [9.17, 15) is 8.42 Å². The quantitative estimate of drug-likeness (QED) is 0.373.